The van der Waals surface area contributed by atoms with E-state index in [1.54, 1.807) is 6.92 Å². The van der Waals surface area contributed by atoms with Gasteiger partial charge in [-0.15, -0.1) is 0 Å². The maximum Gasteiger partial charge on any atom is 0.323 e. The van der Waals surface area contributed by atoms with Gasteiger partial charge in [-0.3, -0.25) is 28.9 Å². The molecule has 0 fully saturated rings. The van der Waals surface area contributed by atoms with Crippen LogP contribution in [0.15, 0.2) is 45.6 Å². The highest BCUT2D eigenvalue weighted by atomic mass is 19.1. The van der Waals surface area contributed by atoms with Gasteiger partial charge >= 0.3 is 23.9 Å². The van der Waals surface area contributed by atoms with Gasteiger partial charge in [0.05, 0.1) is 32.0 Å². The highest BCUT2D eigenvalue weighted by molar-refractivity contribution is 6.03. The Morgan fingerprint density at radius 1 is 0.776 bits per heavy atom. The molecular weight excluding hydrogens is 658 g/mol. The molecule has 1 aliphatic heterocycles. The number of aliphatic carboxylic acids is 4. The Labute approximate surface area is 275 Å². The van der Waals surface area contributed by atoms with Crippen molar-refractivity contribution in [3.8, 4) is 33.9 Å². The summed E-state index contributed by atoms with van der Waals surface area (Å²) in [6, 6.07) is 6.54. The van der Waals surface area contributed by atoms with Crippen LogP contribution in [-0.4, -0.2) is 107 Å². The maximum absolute atomic E-state index is 14.7. The van der Waals surface area contributed by atoms with Crippen molar-refractivity contribution in [2.45, 2.75) is 6.92 Å². The van der Waals surface area contributed by atoms with Gasteiger partial charge < -0.3 is 44.3 Å². The number of aromatic hydroxyl groups is 1. The van der Waals surface area contributed by atoms with Crippen molar-refractivity contribution < 1.29 is 67.4 Å². The predicted octanol–water partition coefficient (Wildman–Crippen LogP) is 2.70. The number of nitrogens with zero attached hydrogens (tertiary/aromatic N) is 2. The Balaban J connectivity index is 1.77. The highest BCUT2D eigenvalue weighted by Crippen LogP contribution is 2.45. The number of ether oxygens (including phenoxy) is 2. The molecule has 0 saturated carbocycles. The molecule has 2 aliphatic rings. The third kappa shape index (κ3) is 8.96. The molecule has 0 aromatic heterocycles. The first-order chi connectivity index (χ1) is 23.1. The molecule has 2 aromatic carbocycles. The first-order valence-electron chi connectivity index (χ1n) is 14.4. The zero-order chi connectivity index (χ0) is 36.0. The second-order valence-electron chi connectivity index (χ2n) is 10.8. The molecule has 15 nitrogen and oxygen atoms in total. The first-order valence-corrected chi connectivity index (χ1v) is 14.4. The number of phenolic OH excluding ortho intramolecular Hbond substituents is 1. The number of carboxylic acid groups (broad SMARTS) is 4. The molecule has 0 unspecified atom stereocenters. The Hall–Kier alpha value is -5.81. The summed E-state index contributed by atoms with van der Waals surface area (Å²) in [7, 11) is 0. The van der Waals surface area contributed by atoms with Crippen molar-refractivity contribution in [2.75, 3.05) is 57.4 Å². The average molecular weight is 689 g/mol. The summed E-state index contributed by atoms with van der Waals surface area (Å²) in [6.07, 6.45) is 0. The fraction of sp³-hybridized carbons (Fsp3) is 0.281. The van der Waals surface area contributed by atoms with Crippen LogP contribution in [0.2, 0.25) is 0 Å². The summed E-state index contributed by atoms with van der Waals surface area (Å²) >= 11 is 0. The number of hydrogen-bond acceptors (Lipinski definition) is 11. The Kier molecular flexibility index (Phi) is 11.3. The predicted molar refractivity (Wildman–Crippen MR) is 166 cm³/mol. The molecule has 0 bridgehead atoms. The van der Waals surface area contributed by atoms with E-state index in [1.165, 1.54) is 12.1 Å². The lowest BCUT2D eigenvalue weighted by molar-refractivity contribution is -0.142. The number of carboxylic acids is 4. The molecule has 0 radical (unpaired) electrons. The van der Waals surface area contributed by atoms with Crippen LogP contribution in [0.4, 0.5) is 14.5 Å². The molecule has 1 aliphatic carbocycles. The van der Waals surface area contributed by atoms with E-state index in [1.807, 2.05) is 0 Å². The molecule has 5 N–H and O–H groups in total. The Morgan fingerprint density at radius 2 is 1.41 bits per heavy atom. The topological polar surface area (TPSA) is 225 Å². The van der Waals surface area contributed by atoms with Crippen LogP contribution >= 0.6 is 0 Å². The van der Waals surface area contributed by atoms with Gasteiger partial charge in [0.1, 0.15) is 36.8 Å². The molecule has 260 valence electrons. The summed E-state index contributed by atoms with van der Waals surface area (Å²) in [6.45, 7) is -1.49. The number of benzene rings is 3. The van der Waals surface area contributed by atoms with Gasteiger partial charge in [-0.1, -0.05) is 0 Å². The molecule has 49 heavy (non-hydrogen) atoms. The number of carbonyl (C=O) groups is 4. The van der Waals surface area contributed by atoms with E-state index in [4.69, 9.17) is 24.1 Å². The third-order valence-corrected chi connectivity index (χ3v) is 7.16. The molecule has 17 heteroatoms. The highest BCUT2D eigenvalue weighted by Gasteiger charge is 2.26. The fourth-order valence-corrected chi connectivity index (χ4v) is 5.15. The van der Waals surface area contributed by atoms with E-state index in [-0.39, 0.29) is 71.2 Å². The molecule has 4 rings (SSSR count). The summed E-state index contributed by atoms with van der Waals surface area (Å²) in [4.78, 5) is 59.7. The van der Waals surface area contributed by atoms with Gasteiger partial charge in [0.25, 0.3) is 0 Å². The lowest BCUT2D eigenvalue weighted by Crippen LogP contribution is -2.37. The molecule has 0 amide bonds. The lowest BCUT2D eigenvalue weighted by atomic mass is 9.90. The summed E-state index contributed by atoms with van der Waals surface area (Å²) in [5.41, 5.74) is -0.200. The van der Waals surface area contributed by atoms with Gasteiger partial charge in [-0.05, 0) is 42.3 Å². The average Bonchev–Trinajstić information content (AvgIpc) is 2.98. The van der Waals surface area contributed by atoms with Gasteiger partial charge in [-0.25, -0.2) is 8.78 Å². The van der Waals surface area contributed by atoms with E-state index in [0.29, 0.717) is 5.56 Å². The van der Waals surface area contributed by atoms with Crippen molar-refractivity contribution in [3.63, 3.8) is 0 Å². The minimum atomic E-state index is -1.36. The fourth-order valence-electron chi connectivity index (χ4n) is 5.15. The van der Waals surface area contributed by atoms with Crippen LogP contribution in [0.1, 0.15) is 5.56 Å². The largest absolute Gasteiger partial charge is 0.505 e. The summed E-state index contributed by atoms with van der Waals surface area (Å²) in [5.74, 6) is -8.27. The molecule has 1 heterocycles. The van der Waals surface area contributed by atoms with Crippen LogP contribution in [0.3, 0.4) is 0 Å². The van der Waals surface area contributed by atoms with E-state index in [0.717, 1.165) is 34.1 Å². The number of anilines is 1. The number of hydrogen-bond donors (Lipinski definition) is 5. The van der Waals surface area contributed by atoms with Crippen LogP contribution < -0.4 is 15.1 Å². The standard InChI is InChI=1S/C32H30F2N2O13/c1-16-6-22(36(14-30(43)44)15-31(45)46)27(48-5-4-47-3-2-35(12-28(39)40)13-29(41)42)9-17(16)32-18-7-20(33)23(37)10-25(18)49-26-11-24(38)21(34)8-19(26)32/h6-11,37H,2-5,12-15H2,1H3,(H,39,40)(H,41,42)(H,43,44)(H,45,46). The Bertz CT molecular complexity index is 1910. The smallest absolute Gasteiger partial charge is 0.323 e. The number of rotatable bonds is 17. The van der Waals surface area contributed by atoms with E-state index in [9.17, 15) is 48.1 Å². The van der Waals surface area contributed by atoms with Crippen molar-refractivity contribution in [1.29, 1.82) is 0 Å². The van der Waals surface area contributed by atoms with Crippen molar-refractivity contribution in [2.24, 2.45) is 0 Å². The number of halogens is 2. The molecule has 0 saturated heterocycles. The SMILES string of the molecule is Cc1cc(N(CC(=O)O)CC(=O)O)c(OCCOCCN(CC(=O)O)CC(=O)O)cc1-c1c2cc(F)c(=O)cc-2oc2cc(O)c(F)cc12. The summed E-state index contributed by atoms with van der Waals surface area (Å²) < 4.78 is 46.4. The monoisotopic (exact) mass is 688 g/mol. The Morgan fingerprint density at radius 3 is 2.02 bits per heavy atom. The number of aryl methyl sites for hydroxylation is 1. The minimum Gasteiger partial charge on any atom is -0.505 e. The third-order valence-electron chi connectivity index (χ3n) is 7.16. The minimum absolute atomic E-state index is 0.0335. The zero-order valence-corrected chi connectivity index (χ0v) is 25.8. The normalized spacial score (nSPS) is 11.3. The second-order valence-corrected chi connectivity index (χ2v) is 10.8. The molecule has 2 aromatic rings. The van der Waals surface area contributed by atoms with Crippen LogP contribution in [-0.2, 0) is 23.9 Å². The van der Waals surface area contributed by atoms with E-state index in [2.05, 4.69) is 0 Å². The van der Waals surface area contributed by atoms with E-state index >= 15 is 0 Å². The molecule has 0 spiro atoms. The van der Waals surface area contributed by atoms with Gasteiger partial charge in [0.15, 0.2) is 17.4 Å². The van der Waals surface area contributed by atoms with Gasteiger partial charge in [0.2, 0.25) is 5.43 Å². The van der Waals surface area contributed by atoms with Gasteiger partial charge in [-0.2, -0.15) is 0 Å². The first kappa shape index (κ1) is 36.0. The van der Waals surface area contributed by atoms with Crippen molar-refractivity contribution >= 4 is 40.5 Å². The maximum atomic E-state index is 14.7. The van der Waals surface area contributed by atoms with Crippen LogP contribution in [0.25, 0.3) is 33.4 Å². The quantitative estimate of drug-likeness (QED) is 0.0794. The zero-order valence-electron chi connectivity index (χ0n) is 25.8. The van der Waals surface area contributed by atoms with Gasteiger partial charge in [0, 0.05) is 35.2 Å². The number of fused-ring (bicyclic) bond motifs is 2. The van der Waals surface area contributed by atoms with Crippen molar-refractivity contribution in [3.05, 3.63) is 63.8 Å². The van der Waals surface area contributed by atoms with Crippen molar-refractivity contribution in [1.82, 2.24) is 4.90 Å². The summed E-state index contributed by atoms with van der Waals surface area (Å²) in [5, 5.41) is 47.1. The molecular formula is C32H30F2N2O13. The van der Waals surface area contributed by atoms with Crippen LogP contribution in [0, 0.1) is 18.6 Å². The van der Waals surface area contributed by atoms with Crippen LogP contribution in [0.5, 0.6) is 11.5 Å². The lowest BCUT2D eigenvalue weighted by Gasteiger charge is -2.26. The number of phenols is 1. The van der Waals surface area contributed by atoms with E-state index < -0.39 is 72.9 Å². The molecule has 0 atom stereocenters. The second kappa shape index (κ2) is 15.4.